The van der Waals surface area contributed by atoms with Gasteiger partial charge in [-0.3, -0.25) is 4.79 Å². The van der Waals surface area contributed by atoms with Crippen molar-refractivity contribution >= 4 is 40.7 Å². The number of Topliss-reactive ketones (excluding diaryl/α,β-unsaturated/α-hetero) is 1. The molecule has 0 N–H and O–H groups in total. The zero-order chi connectivity index (χ0) is 16.2. The van der Waals surface area contributed by atoms with Crippen LogP contribution < -0.4 is 0 Å². The molecule has 3 rings (SSSR count). The Balaban J connectivity index is 1.68. The van der Waals surface area contributed by atoms with E-state index in [4.69, 9.17) is 27.6 Å². The lowest BCUT2D eigenvalue weighted by Crippen LogP contribution is -2.01. The van der Waals surface area contributed by atoms with Gasteiger partial charge in [0.05, 0.1) is 15.8 Å². The Hall–Kier alpha value is -1.82. The molecule has 0 fully saturated rings. The number of thioether (sulfide) groups is 1. The maximum absolute atomic E-state index is 12.0. The fourth-order valence-electron chi connectivity index (χ4n) is 1.85. The quantitative estimate of drug-likeness (QED) is 0.469. The first-order valence-corrected chi connectivity index (χ1v) is 8.37. The van der Waals surface area contributed by atoms with Gasteiger partial charge in [0.2, 0.25) is 5.89 Å². The second-order valence-electron chi connectivity index (χ2n) is 4.58. The van der Waals surface area contributed by atoms with Crippen LogP contribution in [0.1, 0.15) is 10.4 Å². The van der Waals surface area contributed by atoms with E-state index < -0.39 is 0 Å². The maximum atomic E-state index is 12.0. The molecule has 0 saturated heterocycles. The molecule has 0 saturated carbocycles. The van der Waals surface area contributed by atoms with E-state index in [1.807, 2.05) is 18.2 Å². The molecular weight excluding hydrogens is 355 g/mol. The van der Waals surface area contributed by atoms with E-state index in [2.05, 4.69) is 10.2 Å². The molecule has 0 amide bonds. The first-order valence-electron chi connectivity index (χ1n) is 6.63. The molecule has 0 aliphatic rings. The molecule has 1 heterocycles. The van der Waals surface area contributed by atoms with Crippen LogP contribution in [0.3, 0.4) is 0 Å². The number of benzene rings is 2. The van der Waals surface area contributed by atoms with Gasteiger partial charge in [0.1, 0.15) is 0 Å². The largest absolute Gasteiger partial charge is 0.411 e. The summed E-state index contributed by atoms with van der Waals surface area (Å²) in [7, 11) is 0. The minimum absolute atomic E-state index is 0.00453. The van der Waals surface area contributed by atoms with Crippen LogP contribution >= 0.6 is 35.0 Å². The molecular formula is C16H10Cl2N2O2S. The first kappa shape index (κ1) is 16.1. The lowest BCUT2D eigenvalue weighted by atomic mass is 10.2. The maximum Gasteiger partial charge on any atom is 0.277 e. The molecule has 0 bridgehead atoms. The molecule has 2 aromatic carbocycles. The Morgan fingerprint density at radius 2 is 1.83 bits per heavy atom. The Morgan fingerprint density at radius 3 is 2.57 bits per heavy atom. The summed E-state index contributed by atoms with van der Waals surface area (Å²) < 4.78 is 5.54. The van der Waals surface area contributed by atoms with Crippen molar-refractivity contribution in [2.45, 2.75) is 5.22 Å². The summed E-state index contributed by atoms with van der Waals surface area (Å²) in [4.78, 5) is 12.0. The zero-order valence-electron chi connectivity index (χ0n) is 11.7. The fourth-order valence-corrected chi connectivity index (χ4v) is 2.80. The SMILES string of the molecule is O=C(CSc1nnc(-c2ccc(Cl)c(Cl)c2)o1)c1ccccc1. The van der Waals surface area contributed by atoms with Gasteiger partial charge in [-0.15, -0.1) is 10.2 Å². The average molecular weight is 365 g/mol. The molecule has 0 unspecified atom stereocenters. The number of ketones is 1. The number of carbonyl (C=O) groups is 1. The van der Waals surface area contributed by atoms with E-state index in [1.54, 1.807) is 30.3 Å². The van der Waals surface area contributed by atoms with Gasteiger partial charge in [-0.1, -0.05) is 65.3 Å². The highest BCUT2D eigenvalue weighted by molar-refractivity contribution is 7.99. The highest BCUT2D eigenvalue weighted by Gasteiger charge is 2.13. The second kappa shape index (κ2) is 7.17. The number of aromatic nitrogens is 2. The first-order chi connectivity index (χ1) is 11.1. The summed E-state index contributed by atoms with van der Waals surface area (Å²) in [6, 6.07) is 14.1. The van der Waals surface area contributed by atoms with Crippen molar-refractivity contribution in [2.75, 3.05) is 5.75 Å². The van der Waals surface area contributed by atoms with Crippen molar-refractivity contribution in [3.8, 4) is 11.5 Å². The molecule has 1 aromatic heterocycles. The molecule has 0 aliphatic carbocycles. The van der Waals surface area contributed by atoms with Crippen LogP contribution in [0.2, 0.25) is 10.0 Å². The number of rotatable bonds is 5. The number of hydrogen-bond donors (Lipinski definition) is 0. The highest BCUT2D eigenvalue weighted by Crippen LogP contribution is 2.29. The summed E-state index contributed by atoms with van der Waals surface area (Å²) in [6.45, 7) is 0. The van der Waals surface area contributed by atoms with Gasteiger partial charge in [0.25, 0.3) is 5.22 Å². The van der Waals surface area contributed by atoms with Crippen LogP contribution in [0.25, 0.3) is 11.5 Å². The Labute approximate surface area is 146 Å². The Kier molecular flexibility index (Phi) is 5.00. The van der Waals surface area contributed by atoms with Gasteiger partial charge >= 0.3 is 0 Å². The van der Waals surface area contributed by atoms with Crippen molar-refractivity contribution in [1.29, 1.82) is 0 Å². The smallest absolute Gasteiger partial charge is 0.277 e. The van der Waals surface area contributed by atoms with Crippen molar-refractivity contribution < 1.29 is 9.21 Å². The third-order valence-corrected chi connectivity index (χ3v) is 4.55. The molecule has 3 aromatic rings. The van der Waals surface area contributed by atoms with E-state index in [9.17, 15) is 4.79 Å². The van der Waals surface area contributed by atoms with Crippen molar-refractivity contribution in [2.24, 2.45) is 0 Å². The summed E-state index contributed by atoms with van der Waals surface area (Å²) in [5.74, 6) is 0.565. The van der Waals surface area contributed by atoms with Crippen molar-refractivity contribution in [1.82, 2.24) is 10.2 Å². The summed E-state index contributed by atoms with van der Waals surface area (Å²) >= 11 is 13.0. The van der Waals surface area contributed by atoms with Crippen LogP contribution in [0.5, 0.6) is 0 Å². The fraction of sp³-hybridized carbons (Fsp3) is 0.0625. The molecule has 0 aliphatic heterocycles. The highest BCUT2D eigenvalue weighted by atomic mass is 35.5. The minimum atomic E-state index is 0.00453. The lowest BCUT2D eigenvalue weighted by Gasteiger charge is -1.98. The van der Waals surface area contributed by atoms with Gasteiger partial charge in [0, 0.05) is 11.1 Å². The number of hydrogen-bond acceptors (Lipinski definition) is 5. The van der Waals surface area contributed by atoms with Gasteiger partial charge in [-0.05, 0) is 18.2 Å². The summed E-state index contributed by atoms with van der Waals surface area (Å²) in [6.07, 6.45) is 0. The lowest BCUT2D eigenvalue weighted by molar-refractivity contribution is 0.102. The minimum Gasteiger partial charge on any atom is -0.411 e. The number of carbonyl (C=O) groups excluding carboxylic acids is 1. The van der Waals surface area contributed by atoms with E-state index >= 15 is 0 Å². The topological polar surface area (TPSA) is 56.0 Å². The molecule has 23 heavy (non-hydrogen) atoms. The predicted molar refractivity (Wildman–Crippen MR) is 91.3 cm³/mol. The normalized spacial score (nSPS) is 10.7. The molecule has 7 heteroatoms. The predicted octanol–water partition coefficient (Wildman–Crippen LogP) is 5.02. The van der Waals surface area contributed by atoms with Crippen LogP contribution in [0.4, 0.5) is 0 Å². The van der Waals surface area contributed by atoms with E-state index in [-0.39, 0.29) is 11.5 Å². The second-order valence-corrected chi connectivity index (χ2v) is 6.32. The summed E-state index contributed by atoms with van der Waals surface area (Å²) in [5, 5.41) is 9.08. The van der Waals surface area contributed by atoms with Crippen molar-refractivity contribution in [3.63, 3.8) is 0 Å². The Bertz CT molecular complexity index is 837. The van der Waals surface area contributed by atoms with E-state index in [0.717, 1.165) is 0 Å². The van der Waals surface area contributed by atoms with Gasteiger partial charge < -0.3 is 4.42 Å². The van der Waals surface area contributed by atoms with Crippen LogP contribution in [-0.2, 0) is 0 Å². The van der Waals surface area contributed by atoms with Crippen molar-refractivity contribution in [3.05, 3.63) is 64.1 Å². The van der Waals surface area contributed by atoms with Gasteiger partial charge in [0.15, 0.2) is 5.78 Å². The van der Waals surface area contributed by atoms with E-state index in [1.165, 1.54) is 11.8 Å². The van der Waals surface area contributed by atoms with Crippen LogP contribution in [0.15, 0.2) is 58.2 Å². The summed E-state index contributed by atoms with van der Waals surface area (Å²) in [5.41, 5.74) is 1.33. The van der Waals surface area contributed by atoms with Gasteiger partial charge in [-0.25, -0.2) is 0 Å². The molecule has 116 valence electrons. The van der Waals surface area contributed by atoms with Gasteiger partial charge in [-0.2, -0.15) is 0 Å². The number of nitrogens with zero attached hydrogens (tertiary/aromatic N) is 2. The van der Waals surface area contributed by atoms with E-state index in [0.29, 0.717) is 32.3 Å². The molecule has 0 radical (unpaired) electrons. The zero-order valence-corrected chi connectivity index (χ0v) is 14.0. The molecule has 0 atom stereocenters. The van der Waals surface area contributed by atoms with Crippen LogP contribution in [0, 0.1) is 0 Å². The molecule has 0 spiro atoms. The third kappa shape index (κ3) is 3.93. The standard InChI is InChI=1S/C16H10Cl2N2O2S/c17-12-7-6-11(8-13(12)18)15-19-20-16(22-15)23-9-14(21)10-4-2-1-3-5-10/h1-8H,9H2. The third-order valence-electron chi connectivity index (χ3n) is 3.00. The number of halogens is 2. The Morgan fingerprint density at radius 1 is 1.04 bits per heavy atom. The van der Waals surface area contributed by atoms with Crippen LogP contribution in [-0.4, -0.2) is 21.7 Å². The monoisotopic (exact) mass is 364 g/mol. The average Bonchev–Trinajstić information content (AvgIpc) is 3.05. The molecule has 4 nitrogen and oxygen atoms in total.